The zero-order valence-electron chi connectivity index (χ0n) is 16.4. The van der Waals surface area contributed by atoms with Crippen LogP contribution in [-0.2, 0) is 17.8 Å². The van der Waals surface area contributed by atoms with E-state index in [9.17, 15) is 9.59 Å². The second-order valence-corrected chi connectivity index (χ2v) is 7.40. The Morgan fingerprint density at radius 1 is 1.21 bits per heavy atom. The average molecular weight is 412 g/mol. The van der Waals surface area contributed by atoms with E-state index in [1.165, 1.54) is 11.9 Å². The van der Waals surface area contributed by atoms with E-state index >= 15 is 0 Å². The van der Waals surface area contributed by atoms with Gasteiger partial charge >= 0.3 is 0 Å². The van der Waals surface area contributed by atoms with Gasteiger partial charge in [0.05, 0.1) is 24.0 Å². The Labute approximate surface area is 173 Å². The summed E-state index contributed by atoms with van der Waals surface area (Å²) < 4.78 is 0. The predicted molar refractivity (Wildman–Crippen MR) is 117 cm³/mol. The first kappa shape index (κ1) is 21.0. The Morgan fingerprint density at radius 3 is 2.69 bits per heavy atom. The lowest BCUT2D eigenvalue weighted by Crippen LogP contribution is -2.38. The van der Waals surface area contributed by atoms with E-state index in [1.807, 2.05) is 54.3 Å². The first-order valence-electron chi connectivity index (χ1n) is 9.51. The third kappa shape index (κ3) is 5.90. The van der Waals surface area contributed by atoms with Gasteiger partial charge in [-0.25, -0.2) is 4.98 Å². The fraction of sp³-hybridized carbons (Fsp3) is 0.286. The molecule has 3 rings (SSSR count). The molecule has 0 radical (unpaired) electrons. The number of amides is 1. The van der Waals surface area contributed by atoms with E-state index in [0.29, 0.717) is 36.4 Å². The number of para-hydroxylation sites is 1. The van der Waals surface area contributed by atoms with Crippen LogP contribution in [0.3, 0.4) is 0 Å². The predicted octanol–water partition coefficient (Wildman–Crippen LogP) is 2.07. The van der Waals surface area contributed by atoms with Gasteiger partial charge in [-0.1, -0.05) is 31.2 Å². The van der Waals surface area contributed by atoms with E-state index in [2.05, 4.69) is 15.3 Å². The monoisotopic (exact) mass is 411 g/mol. The SMILES string of the molecule is CCN(CC(=O)NCCc1ccc(SN)cc1)Cc1nc2ccccc2c(=O)[nH]1. The highest BCUT2D eigenvalue weighted by Crippen LogP contribution is 2.12. The smallest absolute Gasteiger partial charge is 0.258 e. The summed E-state index contributed by atoms with van der Waals surface area (Å²) in [7, 11) is 0. The first-order chi connectivity index (χ1) is 14.1. The fourth-order valence-electron chi connectivity index (χ4n) is 3.04. The number of aromatic nitrogens is 2. The quantitative estimate of drug-likeness (QED) is 0.466. The van der Waals surface area contributed by atoms with Gasteiger partial charge in [-0.3, -0.25) is 19.6 Å². The van der Waals surface area contributed by atoms with Crippen molar-refractivity contribution < 1.29 is 4.79 Å². The highest BCUT2D eigenvalue weighted by atomic mass is 32.2. The minimum atomic E-state index is -0.162. The van der Waals surface area contributed by atoms with Crippen LogP contribution in [0.15, 0.2) is 58.2 Å². The molecule has 0 bridgehead atoms. The first-order valence-corrected chi connectivity index (χ1v) is 10.4. The fourth-order valence-corrected chi connectivity index (χ4v) is 3.33. The molecule has 0 atom stereocenters. The number of rotatable bonds is 9. The van der Waals surface area contributed by atoms with Gasteiger partial charge < -0.3 is 10.3 Å². The van der Waals surface area contributed by atoms with Crippen LogP contribution in [-0.4, -0.2) is 40.4 Å². The Kier molecular flexibility index (Phi) is 7.40. The summed E-state index contributed by atoms with van der Waals surface area (Å²) in [5.41, 5.74) is 1.64. The number of H-pyrrole nitrogens is 1. The van der Waals surface area contributed by atoms with Gasteiger partial charge in [0.1, 0.15) is 5.82 Å². The van der Waals surface area contributed by atoms with Gasteiger partial charge in [0.15, 0.2) is 0 Å². The van der Waals surface area contributed by atoms with Crippen molar-refractivity contribution in [1.82, 2.24) is 20.2 Å². The molecule has 7 nitrogen and oxygen atoms in total. The number of aromatic amines is 1. The number of carbonyl (C=O) groups is 1. The normalized spacial score (nSPS) is 11.1. The molecule has 0 fully saturated rings. The van der Waals surface area contributed by atoms with Crippen molar-refractivity contribution in [3.63, 3.8) is 0 Å². The van der Waals surface area contributed by atoms with E-state index < -0.39 is 0 Å². The molecule has 0 aliphatic rings. The van der Waals surface area contributed by atoms with Crippen LogP contribution in [0.25, 0.3) is 10.9 Å². The van der Waals surface area contributed by atoms with Gasteiger partial charge in [0.2, 0.25) is 5.91 Å². The van der Waals surface area contributed by atoms with E-state index in [4.69, 9.17) is 5.14 Å². The molecule has 4 N–H and O–H groups in total. The van der Waals surface area contributed by atoms with Crippen LogP contribution in [0.2, 0.25) is 0 Å². The number of nitrogens with zero attached hydrogens (tertiary/aromatic N) is 2. The van der Waals surface area contributed by atoms with Crippen molar-refractivity contribution >= 4 is 28.8 Å². The maximum atomic E-state index is 12.3. The Bertz CT molecular complexity index is 1020. The zero-order valence-corrected chi connectivity index (χ0v) is 17.2. The number of fused-ring (bicyclic) bond motifs is 1. The Balaban J connectivity index is 1.52. The molecule has 152 valence electrons. The highest BCUT2D eigenvalue weighted by molar-refractivity contribution is 7.97. The molecular formula is C21H25N5O2S. The molecule has 8 heteroatoms. The van der Waals surface area contributed by atoms with Crippen LogP contribution in [0, 0.1) is 0 Å². The topological polar surface area (TPSA) is 104 Å². The summed E-state index contributed by atoms with van der Waals surface area (Å²) in [6, 6.07) is 15.2. The van der Waals surface area contributed by atoms with Gasteiger partial charge in [0, 0.05) is 11.4 Å². The van der Waals surface area contributed by atoms with E-state index in [-0.39, 0.29) is 18.0 Å². The molecule has 0 unspecified atom stereocenters. The zero-order chi connectivity index (χ0) is 20.6. The largest absolute Gasteiger partial charge is 0.355 e. The Hall–Kier alpha value is -2.68. The Morgan fingerprint density at radius 2 is 1.97 bits per heavy atom. The second-order valence-electron chi connectivity index (χ2n) is 6.69. The lowest BCUT2D eigenvalue weighted by Gasteiger charge is -2.19. The summed E-state index contributed by atoms with van der Waals surface area (Å²) in [4.78, 5) is 34.8. The summed E-state index contributed by atoms with van der Waals surface area (Å²) in [6.45, 7) is 3.86. The maximum Gasteiger partial charge on any atom is 0.258 e. The second kappa shape index (κ2) is 10.2. The number of nitrogens with two attached hydrogens (primary N) is 1. The average Bonchev–Trinajstić information content (AvgIpc) is 2.74. The van der Waals surface area contributed by atoms with Crippen molar-refractivity contribution in [1.29, 1.82) is 0 Å². The lowest BCUT2D eigenvalue weighted by molar-refractivity contribution is -0.122. The van der Waals surface area contributed by atoms with Crippen molar-refractivity contribution in [2.45, 2.75) is 24.8 Å². The molecule has 1 heterocycles. The number of carbonyl (C=O) groups excluding carboxylic acids is 1. The molecule has 0 saturated heterocycles. The molecule has 0 saturated carbocycles. The van der Waals surface area contributed by atoms with Crippen molar-refractivity contribution in [2.75, 3.05) is 19.6 Å². The van der Waals surface area contributed by atoms with E-state index in [0.717, 1.165) is 16.9 Å². The summed E-state index contributed by atoms with van der Waals surface area (Å²) in [6.07, 6.45) is 0.757. The third-order valence-electron chi connectivity index (χ3n) is 4.64. The minimum Gasteiger partial charge on any atom is -0.355 e. The molecule has 29 heavy (non-hydrogen) atoms. The van der Waals surface area contributed by atoms with Gasteiger partial charge in [-0.15, -0.1) is 0 Å². The number of likely N-dealkylation sites (N-methyl/N-ethyl adjacent to an activating group) is 1. The highest BCUT2D eigenvalue weighted by Gasteiger charge is 2.12. The molecule has 1 aromatic heterocycles. The summed E-state index contributed by atoms with van der Waals surface area (Å²) >= 11 is 1.22. The number of hydrogen-bond acceptors (Lipinski definition) is 6. The van der Waals surface area contributed by atoms with Gasteiger partial charge in [-0.05, 0) is 54.7 Å². The molecule has 3 aromatic rings. The third-order valence-corrected chi connectivity index (χ3v) is 5.19. The van der Waals surface area contributed by atoms with Gasteiger partial charge in [-0.2, -0.15) is 0 Å². The molecule has 2 aromatic carbocycles. The summed E-state index contributed by atoms with van der Waals surface area (Å²) in [5, 5.41) is 9.03. The van der Waals surface area contributed by atoms with Crippen molar-refractivity contribution in [3.8, 4) is 0 Å². The maximum absolute atomic E-state index is 12.3. The molecule has 0 spiro atoms. The van der Waals surface area contributed by atoms with Crippen molar-refractivity contribution in [2.24, 2.45) is 5.14 Å². The molecule has 0 aliphatic heterocycles. The van der Waals surface area contributed by atoms with Crippen LogP contribution < -0.4 is 16.0 Å². The van der Waals surface area contributed by atoms with E-state index in [1.54, 1.807) is 6.07 Å². The van der Waals surface area contributed by atoms with Crippen LogP contribution in [0.4, 0.5) is 0 Å². The van der Waals surface area contributed by atoms with Crippen LogP contribution >= 0.6 is 11.9 Å². The van der Waals surface area contributed by atoms with Crippen LogP contribution in [0.1, 0.15) is 18.3 Å². The summed E-state index contributed by atoms with van der Waals surface area (Å²) in [5.74, 6) is 0.505. The standard InChI is InChI=1S/C21H25N5O2S/c1-2-26(13-19-24-18-6-4-3-5-17(18)21(28)25-19)14-20(27)23-12-11-15-7-9-16(29-22)10-8-15/h3-10H,2,11-14,22H2,1H3,(H,23,27)(H,24,25,28). The number of benzene rings is 2. The van der Waals surface area contributed by atoms with Crippen molar-refractivity contribution in [3.05, 3.63) is 70.3 Å². The van der Waals surface area contributed by atoms with Crippen LogP contribution in [0.5, 0.6) is 0 Å². The molecule has 0 aliphatic carbocycles. The molecule has 1 amide bonds. The minimum absolute atomic E-state index is 0.0517. The number of hydrogen-bond donors (Lipinski definition) is 3. The van der Waals surface area contributed by atoms with Gasteiger partial charge in [0.25, 0.3) is 5.56 Å². The number of nitrogens with one attached hydrogen (secondary N) is 2. The molecular weight excluding hydrogens is 386 g/mol. The lowest BCUT2D eigenvalue weighted by atomic mass is 10.1.